The van der Waals surface area contributed by atoms with Crippen LogP contribution >= 0.6 is 0 Å². The molecular formula is C12H16N4O4. The van der Waals surface area contributed by atoms with Gasteiger partial charge in [0.2, 0.25) is 0 Å². The molecule has 108 valence electrons. The van der Waals surface area contributed by atoms with Gasteiger partial charge in [-0.1, -0.05) is 0 Å². The number of carbonyl (C=O) groups excluding carboxylic acids is 1. The Morgan fingerprint density at radius 1 is 1.55 bits per heavy atom. The van der Waals surface area contributed by atoms with Crippen LogP contribution in [0.5, 0.6) is 0 Å². The molecule has 0 aromatic heterocycles. The fourth-order valence-corrected chi connectivity index (χ4v) is 2.04. The first-order chi connectivity index (χ1) is 9.61. The summed E-state index contributed by atoms with van der Waals surface area (Å²) >= 11 is 0. The Morgan fingerprint density at radius 3 is 2.95 bits per heavy atom. The van der Waals surface area contributed by atoms with Crippen molar-refractivity contribution in [3.63, 3.8) is 0 Å². The molecule has 0 aliphatic carbocycles. The number of benzene rings is 1. The van der Waals surface area contributed by atoms with E-state index in [1.54, 1.807) is 0 Å². The molecule has 1 heterocycles. The minimum Gasteiger partial charge on any atom is -0.381 e. The van der Waals surface area contributed by atoms with E-state index in [2.05, 4.69) is 10.7 Å². The first-order valence-corrected chi connectivity index (χ1v) is 6.23. The van der Waals surface area contributed by atoms with Crippen molar-refractivity contribution in [1.29, 1.82) is 0 Å². The molecule has 4 N–H and O–H groups in total. The molecule has 8 nitrogen and oxygen atoms in total. The van der Waals surface area contributed by atoms with E-state index in [1.807, 2.05) is 0 Å². The molecule has 1 amide bonds. The highest BCUT2D eigenvalue weighted by molar-refractivity contribution is 5.95. The fourth-order valence-electron chi connectivity index (χ4n) is 2.04. The van der Waals surface area contributed by atoms with Crippen molar-refractivity contribution in [2.45, 2.75) is 6.42 Å². The van der Waals surface area contributed by atoms with Gasteiger partial charge in [-0.3, -0.25) is 20.8 Å². The maximum Gasteiger partial charge on any atom is 0.293 e. The highest BCUT2D eigenvalue weighted by Crippen LogP contribution is 2.24. The number of amides is 1. The number of hydrogen-bond acceptors (Lipinski definition) is 6. The normalized spacial score (nSPS) is 17.8. The quantitative estimate of drug-likeness (QED) is 0.414. The number of rotatable bonds is 5. The first-order valence-electron chi connectivity index (χ1n) is 6.23. The summed E-state index contributed by atoms with van der Waals surface area (Å²) in [5, 5.41) is 13.5. The lowest BCUT2D eigenvalue weighted by Gasteiger charge is -2.10. The summed E-state index contributed by atoms with van der Waals surface area (Å²) in [4.78, 5) is 22.2. The monoisotopic (exact) mass is 280 g/mol. The van der Waals surface area contributed by atoms with Gasteiger partial charge < -0.3 is 15.5 Å². The van der Waals surface area contributed by atoms with Gasteiger partial charge in [0.05, 0.1) is 11.5 Å². The van der Waals surface area contributed by atoms with Gasteiger partial charge in [-0.25, -0.2) is 0 Å². The molecule has 0 spiro atoms. The van der Waals surface area contributed by atoms with Crippen molar-refractivity contribution in [3.8, 4) is 0 Å². The van der Waals surface area contributed by atoms with Crippen molar-refractivity contribution in [2.24, 2.45) is 11.8 Å². The molecule has 2 rings (SSSR count). The Hall–Kier alpha value is -2.19. The van der Waals surface area contributed by atoms with Crippen molar-refractivity contribution < 1.29 is 14.5 Å². The number of ether oxygens (including phenoxy) is 1. The number of nitro groups is 1. The molecule has 1 aromatic carbocycles. The number of hydrazine groups is 1. The third-order valence-corrected chi connectivity index (χ3v) is 3.19. The number of nitrogen functional groups attached to an aromatic ring is 1. The van der Waals surface area contributed by atoms with Gasteiger partial charge in [-0.05, 0) is 18.6 Å². The Labute approximate surface area is 115 Å². The second-order valence-corrected chi connectivity index (χ2v) is 4.57. The predicted molar refractivity (Wildman–Crippen MR) is 72.2 cm³/mol. The van der Waals surface area contributed by atoms with E-state index in [0.29, 0.717) is 24.6 Å². The maximum absolute atomic E-state index is 12.0. The molecule has 1 fully saturated rings. The summed E-state index contributed by atoms with van der Waals surface area (Å²) in [5.74, 6) is 5.26. The number of nitrogens with one attached hydrogen (secondary N) is 2. The van der Waals surface area contributed by atoms with Crippen molar-refractivity contribution >= 4 is 17.3 Å². The van der Waals surface area contributed by atoms with Gasteiger partial charge >= 0.3 is 0 Å². The highest BCUT2D eigenvalue weighted by Gasteiger charge is 2.19. The zero-order valence-electron chi connectivity index (χ0n) is 10.8. The van der Waals surface area contributed by atoms with E-state index in [9.17, 15) is 14.9 Å². The second kappa shape index (κ2) is 6.31. The lowest BCUT2D eigenvalue weighted by molar-refractivity contribution is -0.384. The Balaban J connectivity index is 2.03. The molecule has 0 radical (unpaired) electrons. The summed E-state index contributed by atoms with van der Waals surface area (Å²) in [6, 6.07) is 4.01. The van der Waals surface area contributed by atoms with Gasteiger partial charge in [0, 0.05) is 30.7 Å². The Bertz CT molecular complexity index is 514. The van der Waals surface area contributed by atoms with Crippen LogP contribution in [0.4, 0.5) is 11.4 Å². The van der Waals surface area contributed by atoms with Crippen LogP contribution in [0.2, 0.25) is 0 Å². The molecule has 0 saturated carbocycles. The lowest BCUT2D eigenvalue weighted by Crippen LogP contribution is -2.29. The minimum absolute atomic E-state index is 0.104. The van der Waals surface area contributed by atoms with Crippen molar-refractivity contribution in [2.75, 3.05) is 25.2 Å². The number of hydrogen-bond donors (Lipinski definition) is 3. The Morgan fingerprint density at radius 2 is 2.35 bits per heavy atom. The molecule has 1 saturated heterocycles. The number of nitro benzene ring substituents is 1. The topological polar surface area (TPSA) is 120 Å². The predicted octanol–water partition coefficient (Wildman–Crippen LogP) is 0.647. The largest absolute Gasteiger partial charge is 0.381 e. The van der Waals surface area contributed by atoms with E-state index in [0.717, 1.165) is 13.0 Å². The standard InChI is InChI=1S/C12H16N4O4/c13-15-10-5-9(1-2-11(10)16(18)19)12(17)14-6-8-3-4-20-7-8/h1-2,5,8,15H,3-4,6-7,13H2,(H,14,17). The van der Waals surface area contributed by atoms with Crippen LogP contribution in [0.1, 0.15) is 16.8 Å². The van der Waals surface area contributed by atoms with E-state index < -0.39 is 4.92 Å². The summed E-state index contributed by atoms with van der Waals surface area (Å²) in [5.41, 5.74) is 2.48. The molecule has 1 aromatic rings. The van der Waals surface area contributed by atoms with Crippen LogP contribution in [-0.2, 0) is 4.74 Å². The molecule has 0 bridgehead atoms. The van der Waals surface area contributed by atoms with Gasteiger partial charge in [-0.15, -0.1) is 0 Å². The summed E-state index contributed by atoms with van der Waals surface area (Å²) in [6.45, 7) is 1.90. The lowest BCUT2D eigenvalue weighted by atomic mass is 10.1. The molecule has 1 aliphatic rings. The van der Waals surface area contributed by atoms with E-state index in [4.69, 9.17) is 10.6 Å². The van der Waals surface area contributed by atoms with Gasteiger partial charge in [0.1, 0.15) is 5.69 Å². The number of nitrogens with zero attached hydrogens (tertiary/aromatic N) is 1. The smallest absolute Gasteiger partial charge is 0.293 e. The van der Waals surface area contributed by atoms with Crippen LogP contribution in [0.15, 0.2) is 18.2 Å². The molecule has 1 aliphatic heterocycles. The van der Waals surface area contributed by atoms with E-state index in [-0.39, 0.29) is 17.3 Å². The van der Waals surface area contributed by atoms with Crippen LogP contribution in [0, 0.1) is 16.0 Å². The molecule has 1 atom stereocenters. The van der Waals surface area contributed by atoms with Crippen molar-refractivity contribution in [3.05, 3.63) is 33.9 Å². The third-order valence-electron chi connectivity index (χ3n) is 3.19. The SMILES string of the molecule is NNc1cc(C(=O)NCC2CCOC2)ccc1[N+](=O)[O-]. The zero-order valence-corrected chi connectivity index (χ0v) is 10.8. The van der Waals surface area contributed by atoms with Gasteiger partial charge in [0.15, 0.2) is 0 Å². The molecule has 8 heteroatoms. The zero-order chi connectivity index (χ0) is 14.5. The van der Waals surface area contributed by atoms with Crippen LogP contribution in [0.3, 0.4) is 0 Å². The van der Waals surface area contributed by atoms with Crippen LogP contribution < -0.4 is 16.6 Å². The number of nitrogens with two attached hydrogens (primary N) is 1. The Kier molecular flexibility index (Phi) is 4.49. The van der Waals surface area contributed by atoms with Crippen LogP contribution in [0.25, 0.3) is 0 Å². The maximum atomic E-state index is 12.0. The van der Waals surface area contributed by atoms with Crippen LogP contribution in [-0.4, -0.2) is 30.6 Å². The average molecular weight is 280 g/mol. The first kappa shape index (κ1) is 14.2. The van der Waals surface area contributed by atoms with Crippen molar-refractivity contribution in [1.82, 2.24) is 5.32 Å². The van der Waals surface area contributed by atoms with E-state index >= 15 is 0 Å². The number of carbonyl (C=O) groups is 1. The second-order valence-electron chi connectivity index (χ2n) is 4.57. The van der Waals surface area contributed by atoms with E-state index in [1.165, 1.54) is 18.2 Å². The molecule has 20 heavy (non-hydrogen) atoms. The third kappa shape index (κ3) is 3.22. The van der Waals surface area contributed by atoms with Gasteiger partial charge in [-0.2, -0.15) is 0 Å². The highest BCUT2D eigenvalue weighted by atomic mass is 16.6. The summed E-state index contributed by atoms with van der Waals surface area (Å²) in [7, 11) is 0. The summed E-state index contributed by atoms with van der Waals surface area (Å²) < 4.78 is 5.22. The average Bonchev–Trinajstić information content (AvgIpc) is 2.97. The summed E-state index contributed by atoms with van der Waals surface area (Å²) in [6.07, 6.45) is 0.927. The van der Waals surface area contributed by atoms with Gasteiger partial charge in [0.25, 0.3) is 11.6 Å². The molecular weight excluding hydrogens is 264 g/mol. The number of anilines is 1. The molecule has 1 unspecified atom stereocenters. The fraction of sp³-hybridized carbons (Fsp3) is 0.417. The minimum atomic E-state index is -0.563.